The van der Waals surface area contributed by atoms with Crippen LogP contribution in [-0.4, -0.2) is 30.8 Å². The van der Waals surface area contributed by atoms with Gasteiger partial charge in [0.1, 0.15) is 5.54 Å². The molecule has 0 bridgehead atoms. The standard InChI is InChI=1S/C15H29NO3/c1-10-6-7-13(8-11(10)2)19-12(3)9-15(4,16)14(17)18-5/h10-13H,6-9,16H2,1-5H3. The second kappa shape index (κ2) is 6.71. The third-order valence-corrected chi connectivity index (χ3v) is 4.34. The number of methoxy groups -OCH3 is 1. The van der Waals surface area contributed by atoms with E-state index in [1.165, 1.54) is 13.5 Å². The molecule has 0 radical (unpaired) electrons. The fraction of sp³-hybridized carbons (Fsp3) is 0.933. The Balaban J connectivity index is 2.43. The van der Waals surface area contributed by atoms with Crippen molar-refractivity contribution >= 4 is 5.97 Å². The number of rotatable bonds is 5. The summed E-state index contributed by atoms with van der Waals surface area (Å²) in [6, 6.07) is 0. The molecule has 0 aromatic rings. The van der Waals surface area contributed by atoms with Gasteiger partial charge in [0.25, 0.3) is 0 Å². The van der Waals surface area contributed by atoms with E-state index < -0.39 is 5.54 Å². The molecule has 0 spiro atoms. The fourth-order valence-corrected chi connectivity index (χ4v) is 2.91. The molecular formula is C15H29NO3. The number of hydrogen-bond acceptors (Lipinski definition) is 4. The normalized spacial score (nSPS) is 32.4. The fourth-order valence-electron chi connectivity index (χ4n) is 2.91. The number of nitrogens with two attached hydrogens (primary N) is 1. The van der Waals surface area contributed by atoms with Crippen molar-refractivity contribution in [1.82, 2.24) is 0 Å². The maximum atomic E-state index is 11.6. The Morgan fingerprint density at radius 3 is 2.53 bits per heavy atom. The lowest BCUT2D eigenvalue weighted by atomic mass is 9.80. The van der Waals surface area contributed by atoms with Crippen molar-refractivity contribution in [2.45, 2.75) is 71.1 Å². The number of esters is 1. The summed E-state index contributed by atoms with van der Waals surface area (Å²) in [6.45, 7) is 8.27. The summed E-state index contributed by atoms with van der Waals surface area (Å²) in [5.41, 5.74) is 5.00. The minimum Gasteiger partial charge on any atom is -0.468 e. The van der Waals surface area contributed by atoms with Crippen LogP contribution in [0.15, 0.2) is 0 Å². The van der Waals surface area contributed by atoms with Crippen molar-refractivity contribution in [2.24, 2.45) is 17.6 Å². The summed E-state index contributed by atoms with van der Waals surface area (Å²) in [5.74, 6) is 1.11. The molecule has 0 amide bonds. The number of ether oxygens (including phenoxy) is 2. The van der Waals surface area contributed by atoms with Gasteiger partial charge < -0.3 is 15.2 Å². The summed E-state index contributed by atoms with van der Waals surface area (Å²) in [5, 5.41) is 0. The molecule has 0 saturated heterocycles. The molecule has 1 saturated carbocycles. The molecule has 0 heterocycles. The van der Waals surface area contributed by atoms with Crippen LogP contribution in [0.2, 0.25) is 0 Å². The predicted molar refractivity (Wildman–Crippen MR) is 75.7 cm³/mol. The summed E-state index contributed by atoms with van der Waals surface area (Å²) in [7, 11) is 1.36. The monoisotopic (exact) mass is 271 g/mol. The van der Waals surface area contributed by atoms with Gasteiger partial charge in [-0.3, -0.25) is 4.79 Å². The van der Waals surface area contributed by atoms with Crippen LogP contribution in [-0.2, 0) is 14.3 Å². The molecule has 1 rings (SSSR count). The lowest BCUT2D eigenvalue weighted by molar-refractivity contribution is -0.148. The summed E-state index contributed by atoms with van der Waals surface area (Å²) < 4.78 is 10.8. The minimum atomic E-state index is -0.970. The molecular weight excluding hydrogens is 242 g/mol. The molecule has 19 heavy (non-hydrogen) atoms. The van der Waals surface area contributed by atoms with Crippen molar-refractivity contribution < 1.29 is 14.3 Å². The maximum absolute atomic E-state index is 11.6. The van der Waals surface area contributed by atoms with Crippen molar-refractivity contribution in [3.8, 4) is 0 Å². The van der Waals surface area contributed by atoms with Gasteiger partial charge in [0.2, 0.25) is 0 Å². The highest BCUT2D eigenvalue weighted by Crippen LogP contribution is 2.32. The molecule has 1 fully saturated rings. The van der Waals surface area contributed by atoms with Gasteiger partial charge in [0.05, 0.1) is 19.3 Å². The van der Waals surface area contributed by atoms with E-state index in [0.717, 1.165) is 18.8 Å². The Morgan fingerprint density at radius 2 is 2.00 bits per heavy atom. The lowest BCUT2D eigenvalue weighted by Gasteiger charge is -2.35. The van der Waals surface area contributed by atoms with Crippen molar-refractivity contribution in [2.75, 3.05) is 7.11 Å². The molecule has 1 aliphatic rings. The zero-order valence-corrected chi connectivity index (χ0v) is 12.9. The highest BCUT2D eigenvalue weighted by molar-refractivity contribution is 5.79. The minimum absolute atomic E-state index is 0.0280. The van der Waals surface area contributed by atoms with Crippen LogP contribution in [0.1, 0.15) is 53.4 Å². The van der Waals surface area contributed by atoms with Gasteiger partial charge in [-0.15, -0.1) is 0 Å². The molecule has 0 aromatic carbocycles. The highest BCUT2D eigenvalue weighted by atomic mass is 16.5. The second-order valence-electron chi connectivity index (χ2n) is 6.45. The Hall–Kier alpha value is -0.610. The Bertz CT molecular complexity index is 304. The van der Waals surface area contributed by atoms with E-state index >= 15 is 0 Å². The van der Waals surface area contributed by atoms with Gasteiger partial charge in [-0.2, -0.15) is 0 Å². The van der Waals surface area contributed by atoms with Crippen molar-refractivity contribution in [1.29, 1.82) is 0 Å². The third kappa shape index (κ3) is 4.77. The molecule has 0 aliphatic heterocycles. The first-order chi connectivity index (χ1) is 8.76. The van der Waals surface area contributed by atoms with E-state index in [-0.39, 0.29) is 12.1 Å². The first-order valence-corrected chi connectivity index (χ1v) is 7.29. The smallest absolute Gasteiger partial charge is 0.325 e. The highest BCUT2D eigenvalue weighted by Gasteiger charge is 2.33. The van der Waals surface area contributed by atoms with Gasteiger partial charge in [-0.25, -0.2) is 0 Å². The molecule has 1 aliphatic carbocycles. The second-order valence-corrected chi connectivity index (χ2v) is 6.45. The van der Waals surface area contributed by atoms with Gasteiger partial charge >= 0.3 is 5.97 Å². The molecule has 4 heteroatoms. The van der Waals surface area contributed by atoms with Gasteiger partial charge in [0.15, 0.2) is 0 Å². The first kappa shape index (κ1) is 16.4. The average molecular weight is 271 g/mol. The van der Waals surface area contributed by atoms with Crippen molar-refractivity contribution in [3.05, 3.63) is 0 Å². The van der Waals surface area contributed by atoms with E-state index in [2.05, 4.69) is 13.8 Å². The summed E-state index contributed by atoms with van der Waals surface area (Å²) >= 11 is 0. The molecule has 5 atom stereocenters. The van der Waals surface area contributed by atoms with Gasteiger partial charge in [-0.05, 0) is 44.9 Å². The average Bonchev–Trinajstić information content (AvgIpc) is 2.32. The van der Waals surface area contributed by atoms with Crippen molar-refractivity contribution in [3.63, 3.8) is 0 Å². The largest absolute Gasteiger partial charge is 0.468 e. The van der Waals surface area contributed by atoms with E-state index in [1.807, 2.05) is 6.92 Å². The Kier molecular flexibility index (Phi) is 5.81. The van der Waals surface area contributed by atoms with E-state index in [9.17, 15) is 4.79 Å². The maximum Gasteiger partial charge on any atom is 0.325 e. The van der Waals surface area contributed by atoms with Gasteiger partial charge in [-0.1, -0.05) is 13.8 Å². The van der Waals surface area contributed by atoms with Gasteiger partial charge in [0, 0.05) is 6.42 Å². The number of carbonyl (C=O) groups excluding carboxylic acids is 1. The zero-order valence-electron chi connectivity index (χ0n) is 12.9. The Labute approximate surface area is 117 Å². The predicted octanol–water partition coefficient (Wildman–Crippen LogP) is 2.50. The zero-order chi connectivity index (χ0) is 14.6. The summed E-state index contributed by atoms with van der Waals surface area (Å²) in [4.78, 5) is 11.6. The third-order valence-electron chi connectivity index (χ3n) is 4.34. The number of carbonyl (C=O) groups is 1. The van der Waals surface area contributed by atoms with E-state index in [4.69, 9.17) is 15.2 Å². The molecule has 112 valence electrons. The summed E-state index contributed by atoms with van der Waals surface area (Å²) in [6.07, 6.45) is 4.19. The van der Waals surface area contributed by atoms with Crippen LogP contribution < -0.4 is 5.73 Å². The topological polar surface area (TPSA) is 61.5 Å². The molecule has 4 nitrogen and oxygen atoms in total. The molecule has 2 N–H and O–H groups in total. The quantitative estimate of drug-likeness (QED) is 0.780. The van der Waals surface area contributed by atoms with Crippen LogP contribution in [0.5, 0.6) is 0 Å². The number of hydrogen-bond donors (Lipinski definition) is 1. The van der Waals surface area contributed by atoms with Crippen LogP contribution in [0, 0.1) is 11.8 Å². The van der Waals surface area contributed by atoms with Crippen LogP contribution in [0.3, 0.4) is 0 Å². The molecule has 5 unspecified atom stereocenters. The van der Waals surface area contributed by atoms with Crippen LogP contribution in [0.4, 0.5) is 0 Å². The van der Waals surface area contributed by atoms with Crippen LogP contribution >= 0.6 is 0 Å². The first-order valence-electron chi connectivity index (χ1n) is 7.29. The van der Waals surface area contributed by atoms with E-state index in [0.29, 0.717) is 18.4 Å². The Morgan fingerprint density at radius 1 is 1.37 bits per heavy atom. The van der Waals surface area contributed by atoms with E-state index in [1.54, 1.807) is 6.92 Å². The van der Waals surface area contributed by atoms with Crippen LogP contribution in [0.25, 0.3) is 0 Å². The SMILES string of the molecule is COC(=O)C(C)(N)CC(C)OC1CCC(C)C(C)C1. The molecule has 0 aromatic heterocycles. The lowest BCUT2D eigenvalue weighted by Crippen LogP contribution is -2.48.